The predicted molar refractivity (Wildman–Crippen MR) is 115 cm³/mol. The Hall–Kier alpha value is -2.23. The molecule has 0 radical (unpaired) electrons. The van der Waals surface area contributed by atoms with E-state index in [1.165, 1.54) is 22.7 Å². The van der Waals surface area contributed by atoms with Gasteiger partial charge in [0.05, 0.1) is 16.7 Å². The highest BCUT2D eigenvalue weighted by Crippen LogP contribution is 2.31. The molecule has 1 saturated heterocycles. The van der Waals surface area contributed by atoms with Crippen molar-refractivity contribution in [1.82, 2.24) is 10.2 Å². The third-order valence-corrected chi connectivity index (χ3v) is 6.84. The number of thiocarbonyl (C=S) groups is 1. The van der Waals surface area contributed by atoms with Gasteiger partial charge in [-0.3, -0.25) is 14.5 Å². The molecular weight excluding hydrogens is 416 g/mol. The summed E-state index contributed by atoms with van der Waals surface area (Å²) in [6, 6.07) is 9.19. The van der Waals surface area contributed by atoms with Crippen LogP contribution in [0.2, 0.25) is 0 Å². The van der Waals surface area contributed by atoms with Crippen LogP contribution in [0.25, 0.3) is 6.08 Å². The number of nitrogens with zero attached hydrogens (tertiary/aromatic N) is 1. The molecule has 0 bridgehead atoms. The molecule has 1 aromatic rings. The third kappa shape index (κ3) is 5.40. The van der Waals surface area contributed by atoms with Gasteiger partial charge in [-0.25, -0.2) is 8.42 Å². The van der Waals surface area contributed by atoms with Crippen LogP contribution in [0.1, 0.15) is 12.0 Å². The fourth-order valence-electron chi connectivity index (χ4n) is 2.68. The Kier molecular flexibility index (Phi) is 6.48. The van der Waals surface area contributed by atoms with Crippen molar-refractivity contribution in [3.8, 4) is 0 Å². The lowest BCUT2D eigenvalue weighted by Crippen LogP contribution is -2.38. The van der Waals surface area contributed by atoms with Crippen molar-refractivity contribution in [2.45, 2.75) is 12.5 Å². The molecule has 0 unspecified atom stereocenters. The number of nitrogens with one attached hydrogen (secondary N) is 1. The van der Waals surface area contributed by atoms with E-state index in [-0.39, 0.29) is 30.5 Å². The Balaban J connectivity index is 1.52. The molecule has 2 heterocycles. The number of hydrogen-bond acceptors (Lipinski definition) is 6. The first kappa shape index (κ1) is 20.5. The number of hydrogen-bond donors (Lipinski definition) is 1. The van der Waals surface area contributed by atoms with Crippen LogP contribution in [0.4, 0.5) is 0 Å². The zero-order valence-corrected chi connectivity index (χ0v) is 17.2. The molecule has 3 rings (SSSR count). The molecule has 146 valence electrons. The standard InChI is InChI=1S/C19H18N2O4S3/c22-17(20-15-10-12-28(24,25)13-15)9-11-21-18(23)16(27-19(21)26)8-4-7-14-5-2-1-3-6-14/h1-8,10,12,15H,9,11,13H2,(H,20,22)/b7-4+,16-8-/t15-/m0/s1. The maximum Gasteiger partial charge on any atom is 0.266 e. The highest BCUT2D eigenvalue weighted by atomic mass is 32.2. The number of amides is 2. The van der Waals surface area contributed by atoms with Crippen LogP contribution < -0.4 is 5.32 Å². The van der Waals surface area contributed by atoms with Crippen molar-refractivity contribution in [2.75, 3.05) is 12.3 Å². The Morgan fingerprint density at radius 3 is 2.75 bits per heavy atom. The van der Waals surface area contributed by atoms with Gasteiger partial charge in [-0.2, -0.15) is 0 Å². The number of carbonyl (C=O) groups is 2. The molecule has 0 aliphatic carbocycles. The lowest BCUT2D eigenvalue weighted by Gasteiger charge is -2.15. The van der Waals surface area contributed by atoms with E-state index in [1.807, 2.05) is 36.4 Å². The van der Waals surface area contributed by atoms with Crippen molar-refractivity contribution >= 4 is 56.0 Å². The fraction of sp³-hybridized carbons (Fsp3) is 0.211. The number of benzene rings is 1. The first-order chi connectivity index (χ1) is 13.3. The van der Waals surface area contributed by atoms with Crippen molar-refractivity contribution in [3.63, 3.8) is 0 Å². The second kappa shape index (κ2) is 8.85. The van der Waals surface area contributed by atoms with Crippen LogP contribution in [-0.2, 0) is 19.4 Å². The quantitative estimate of drug-likeness (QED) is 0.546. The molecule has 2 aliphatic rings. The summed E-state index contributed by atoms with van der Waals surface area (Å²) >= 11 is 6.44. The van der Waals surface area contributed by atoms with Crippen molar-refractivity contribution in [2.24, 2.45) is 0 Å². The smallest absolute Gasteiger partial charge is 0.266 e. The zero-order chi connectivity index (χ0) is 20.1. The van der Waals surface area contributed by atoms with Gasteiger partial charge in [-0.15, -0.1) is 0 Å². The summed E-state index contributed by atoms with van der Waals surface area (Å²) in [4.78, 5) is 26.4. The van der Waals surface area contributed by atoms with E-state index in [1.54, 1.807) is 12.2 Å². The largest absolute Gasteiger partial charge is 0.349 e. The fourth-order valence-corrected chi connectivity index (χ4v) is 5.17. The molecular formula is C19H18N2O4S3. The number of allylic oxidation sites excluding steroid dienone is 2. The van der Waals surface area contributed by atoms with Gasteiger partial charge in [0.2, 0.25) is 5.91 Å². The SMILES string of the molecule is O=C(CCN1C(=O)/C(=C/C=C/c2ccccc2)SC1=S)N[C@H]1C=CS(=O)(=O)C1. The molecule has 0 spiro atoms. The van der Waals surface area contributed by atoms with Gasteiger partial charge in [0.25, 0.3) is 5.91 Å². The summed E-state index contributed by atoms with van der Waals surface area (Å²) in [5.41, 5.74) is 1.02. The predicted octanol–water partition coefficient (Wildman–Crippen LogP) is 2.26. The van der Waals surface area contributed by atoms with Crippen molar-refractivity contribution < 1.29 is 18.0 Å². The number of sulfone groups is 1. The number of thioether (sulfide) groups is 1. The monoisotopic (exact) mass is 434 g/mol. The van der Waals surface area contributed by atoms with Crippen molar-refractivity contribution in [3.05, 3.63) is 64.4 Å². The number of rotatable bonds is 6. The Morgan fingerprint density at radius 1 is 1.32 bits per heavy atom. The van der Waals surface area contributed by atoms with E-state index in [0.29, 0.717) is 9.23 Å². The Labute approximate surface area is 173 Å². The van der Waals surface area contributed by atoms with Crippen LogP contribution >= 0.6 is 24.0 Å². The highest BCUT2D eigenvalue weighted by Gasteiger charge is 2.32. The lowest BCUT2D eigenvalue weighted by molar-refractivity contribution is -0.124. The van der Waals surface area contributed by atoms with Crippen molar-refractivity contribution in [1.29, 1.82) is 0 Å². The molecule has 6 nitrogen and oxygen atoms in total. The average molecular weight is 435 g/mol. The van der Waals surface area contributed by atoms with E-state index >= 15 is 0 Å². The van der Waals surface area contributed by atoms with Gasteiger partial charge in [0.15, 0.2) is 9.84 Å². The minimum absolute atomic E-state index is 0.0456. The van der Waals surface area contributed by atoms with E-state index < -0.39 is 15.9 Å². The molecule has 1 aromatic carbocycles. The van der Waals surface area contributed by atoms with Gasteiger partial charge in [0.1, 0.15) is 4.32 Å². The highest BCUT2D eigenvalue weighted by molar-refractivity contribution is 8.26. The van der Waals surface area contributed by atoms with Gasteiger partial charge < -0.3 is 5.32 Å². The Morgan fingerprint density at radius 2 is 2.07 bits per heavy atom. The van der Waals surface area contributed by atoms with Gasteiger partial charge >= 0.3 is 0 Å². The molecule has 0 aromatic heterocycles. The van der Waals surface area contributed by atoms with E-state index in [2.05, 4.69) is 5.32 Å². The number of carbonyl (C=O) groups excluding carboxylic acids is 2. The summed E-state index contributed by atoms with van der Waals surface area (Å²) in [7, 11) is -3.22. The van der Waals surface area contributed by atoms with Gasteiger partial charge in [0, 0.05) is 18.4 Å². The van der Waals surface area contributed by atoms with Crippen LogP contribution in [0.5, 0.6) is 0 Å². The zero-order valence-electron chi connectivity index (χ0n) is 14.8. The molecule has 1 N–H and O–H groups in total. The van der Waals surface area contributed by atoms with Crippen LogP contribution in [0.15, 0.2) is 58.9 Å². The second-order valence-electron chi connectivity index (χ2n) is 6.21. The third-order valence-electron chi connectivity index (χ3n) is 4.05. The van der Waals surface area contributed by atoms with Gasteiger partial charge in [-0.1, -0.05) is 66.5 Å². The summed E-state index contributed by atoms with van der Waals surface area (Å²) in [5.74, 6) is -0.686. The molecule has 28 heavy (non-hydrogen) atoms. The van der Waals surface area contributed by atoms with Crippen LogP contribution in [0, 0.1) is 0 Å². The molecule has 0 saturated carbocycles. The summed E-state index contributed by atoms with van der Waals surface area (Å²) in [6.45, 7) is 0.152. The minimum atomic E-state index is -3.22. The summed E-state index contributed by atoms with van der Waals surface area (Å²) in [5, 5.41) is 3.74. The molecule has 9 heteroatoms. The normalized spacial score (nSPS) is 22.5. The lowest BCUT2D eigenvalue weighted by atomic mass is 10.2. The Bertz CT molecular complexity index is 982. The molecule has 1 atom stereocenters. The first-order valence-corrected chi connectivity index (χ1v) is 11.5. The molecule has 1 fully saturated rings. The van der Waals surface area contributed by atoms with E-state index in [9.17, 15) is 18.0 Å². The topological polar surface area (TPSA) is 83.6 Å². The van der Waals surface area contributed by atoms with Gasteiger partial charge in [-0.05, 0) is 17.7 Å². The maximum atomic E-state index is 12.5. The molecule has 2 amide bonds. The minimum Gasteiger partial charge on any atom is -0.349 e. The van der Waals surface area contributed by atoms with Crippen LogP contribution in [-0.4, -0.2) is 47.8 Å². The van der Waals surface area contributed by atoms with E-state index in [0.717, 1.165) is 11.0 Å². The maximum absolute atomic E-state index is 12.5. The summed E-state index contributed by atoms with van der Waals surface area (Å²) in [6.07, 6.45) is 6.89. The first-order valence-electron chi connectivity index (χ1n) is 8.51. The molecule has 2 aliphatic heterocycles. The average Bonchev–Trinajstić information content (AvgIpc) is 3.12. The van der Waals surface area contributed by atoms with Crippen LogP contribution in [0.3, 0.4) is 0 Å². The summed E-state index contributed by atoms with van der Waals surface area (Å²) < 4.78 is 23.1. The van der Waals surface area contributed by atoms with E-state index in [4.69, 9.17) is 12.2 Å². The second-order valence-corrected chi connectivity index (χ2v) is 9.81.